The number of nitrogens with zero attached hydrogens (tertiary/aromatic N) is 3. The summed E-state index contributed by atoms with van der Waals surface area (Å²) in [4.78, 5) is 36.6. The molecule has 3 rings (SSSR count). The van der Waals surface area contributed by atoms with E-state index in [-0.39, 0.29) is 17.5 Å². The number of hydrogen-bond donors (Lipinski definition) is 2. The fourth-order valence-corrected chi connectivity index (χ4v) is 2.49. The molecule has 0 aliphatic rings. The number of amides is 1. The van der Waals surface area contributed by atoms with Crippen molar-refractivity contribution in [2.45, 2.75) is 13.5 Å². The SMILES string of the molecule is COC(=O)c1cccc(Nc2nc(C)cc(C(=O)NCc3ccncc3)n2)c1. The molecule has 142 valence electrons. The van der Waals surface area contributed by atoms with Gasteiger partial charge in [0.05, 0.1) is 12.7 Å². The Hall–Kier alpha value is -3.81. The van der Waals surface area contributed by atoms with Crippen LogP contribution in [0.3, 0.4) is 0 Å². The zero-order valence-corrected chi connectivity index (χ0v) is 15.5. The van der Waals surface area contributed by atoms with Crippen LogP contribution in [0, 0.1) is 6.92 Å². The summed E-state index contributed by atoms with van der Waals surface area (Å²) in [7, 11) is 1.32. The highest BCUT2D eigenvalue weighted by Gasteiger charge is 2.12. The monoisotopic (exact) mass is 377 g/mol. The van der Waals surface area contributed by atoms with Gasteiger partial charge in [-0.15, -0.1) is 0 Å². The fraction of sp³-hybridized carbons (Fsp3) is 0.150. The zero-order valence-electron chi connectivity index (χ0n) is 15.5. The number of hydrogen-bond acceptors (Lipinski definition) is 7. The lowest BCUT2D eigenvalue weighted by molar-refractivity contribution is 0.0600. The van der Waals surface area contributed by atoms with Gasteiger partial charge in [0.25, 0.3) is 5.91 Å². The molecule has 28 heavy (non-hydrogen) atoms. The summed E-state index contributed by atoms with van der Waals surface area (Å²) in [6, 6.07) is 12.0. The lowest BCUT2D eigenvalue weighted by Gasteiger charge is -2.10. The number of pyridine rings is 1. The number of aromatic nitrogens is 3. The molecule has 8 nitrogen and oxygen atoms in total. The van der Waals surface area contributed by atoms with Gasteiger partial charge in [0, 0.05) is 30.3 Å². The first-order valence-electron chi connectivity index (χ1n) is 8.53. The van der Waals surface area contributed by atoms with Crippen molar-refractivity contribution in [3.8, 4) is 0 Å². The van der Waals surface area contributed by atoms with Crippen LogP contribution in [0.2, 0.25) is 0 Å². The van der Waals surface area contributed by atoms with Crippen molar-refractivity contribution in [3.05, 3.63) is 77.4 Å². The molecule has 0 bridgehead atoms. The van der Waals surface area contributed by atoms with Crippen molar-refractivity contribution < 1.29 is 14.3 Å². The second-order valence-corrected chi connectivity index (χ2v) is 5.95. The first kappa shape index (κ1) is 19.0. The average molecular weight is 377 g/mol. The average Bonchev–Trinajstić information content (AvgIpc) is 2.72. The third-order valence-corrected chi connectivity index (χ3v) is 3.83. The Morgan fingerprint density at radius 3 is 2.61 bits per heavy atom. The third kappa shape index (κ3) is 4.88. The predicted molar refractivity (Wildman–Crippen MR) is 103 cm³/mol. The number of nitrogens with one attached hydrogen (secondary N) is 2. The van der Waals surface area contributed by atoms with E-state index in [4.69, 9.17) is 4.74 Å². The van der Waals surface area contributed by atoms with Crippen LogP contribution in [0.5, 0.6) is 0 Å². The molecule has 0 radical (unpaired) electrons. The van der Waals surface area contributed by atoms with E-state index in [0.717, 1.165) is 5.56 Å². The minimum atomic E-state index is -0.440. The molecule has 1 amide bonds. The van der Waals surface area contributed by atoms with Crippen LogP contribution in [0.25, 0.3) is 0 Å². The van der Waals surface area contributed by atoms with Gasteiger partial charge in [-0.05, 0) is 48.9 Å². The first-order valence-corrected chi connectivity index (χ1v) is 8.53. The van der Waals surface area contributed by atoms with E-state index in [1.54, 1.807) is 49.6 Å². The smallest absolute Gasteiger partial charge is 0.337 e. The first-order chi connectivity index (χ1) is 13.5. The Labute approximate surface area is 162 Å². The molecular formula is C20H19N5O3. The van der Waals surface area contributed by atoms with Gasteiger partial charge < -0.3 is 15.4 Å². The van der Waals surface area contributed by atoms with E-state index < -0.39 is 5.97 Å². The van der Waals surface area contributed by atoms with Crippen molar-refractivity contribution >= 4 is 23.5 Å². The Morgan fingerprint density at radius 1 is 1.07 bits per heavy atom. The van der Waals surface area contributed by atoms with Crippen molar-refractivity contribution in [1.82, 2.24) is 20.3 Å². The van der Waals surface area contributed by atoms with Gasteiger partial charge in [0.2, 0.25) is 5.95 Å². The van der Waals surface area contributed by atoms with Crippen LogP contribution >= 0.6 is 0 Å². The predicted octanol–water partition coefficient (Wildman–Crippen LogP) is 2.64. The quantitative estimate of drug-likeness (QED) is 0.636. The molecule has 3 aromatic rings. The number of ether oxygens (including phenoxy) is 1. The van der Waals surface area contributed by atoms with Crippen LogP contribution in [0.1, 0.15) is 32.1 Å². The second-order valence-electron chi connectivity index (χ2n) is 5.95. The number of esters is 1. The summed E-state index contributed by atoms with van der Waals surface area (Å²) >= 11 is 0. The van der Waals surface area contributed by atoms with E-state index in [0.29, 0.717) is 23.5 Å². The molecular weight excluding hydrogens is 358 g/mol. The van der Waals surface area contributed by atoms with Crippen molar-refractivity contribution in [3.63, 3.8) is 0 Å². The number of benzene rings is 1. The minimum Gasteiger partial charge on any atom is -0.465 e. The Balaban J connectivity index is 1.74. The van der Waals surface area contributed by atoms with Crippen molar-refractivity contribution in [1.29, 1.82) is 0 Å². The summed E-state index contributed by atoms with van der Waals surface area (Å²) in [6.07, 6.45) is 3.33. The van der Waals surface area contributed by atoms with Crippen molar-refractivity contribution in [2.24, 2.45) is 0 Å². The molecule has 2 aromatic heterocycles. The van der Waals surface area contributed by atoms with Gasteiger partial charge in [0.1, 0.15) is 5.69 Å². The zero-order chi connectivity index (χ0) is 19.9. The van der Waals surface area contributed by atoms with E-state index >= 15 is 0 Å². The maximum Gasteiger partial charge on any atom is 0.337 e. The molecule has 0 spiro atoms. The van der Waals surface area contributed by atoms with Crippen LogP contribution in [-0.4, -0.2) is 33.9 Å². The molecule has 0 fully saturated rings. The molecule has 2 N–H and O–H groups in total. The second kappa shape index (κ2) is 8.72. The number of carbonyl (C=O) groups is 2. The fourth-order valence-electron chi connectivity index (χ4n) is 2.49. The summed E-state index contributed by atoms with van der Waals surface area (Å²) in [5.74, 6) is -0.491. The van der Waals surface area contributed by atoms with Crippen LogP contribution in [0.4, 0.5) is 11.6 Å². The molecule has 0 aliphatic heterocycles. The largest absolute Gasteiger partial charge is 0.465 e. The maximum atomic E-state index is 12.5. The molecule has 1 aromatic carbocycles. The van der Waals surface area contributed by atoms with Gasteiger partial charge in [0.15, 0.2) is 0 Å². The van der Waals surface area contributed by atoms with E-state index in [1.807, 2.05) is 12.1 Å². The highest BCUT2D eigenvalue weighted by Crippen LogP contribution is 2.16. The summed E-state index contributed by atoms with van der Waals surface area (Å²) in [6.45, 7) is 2.14. The highest BCUT2D eigenvalue weighted by atomic mass is 16.5. The lowest BCUT2D eigenvalue weighted by Crippen LogP contribution is -2.24. The van der Waals surface area contributed by atoms with Gasteiger partial charge in [-0.25, -0.2) is 14.8 Å². The summed E-state index contributed by atoms with van der Waals surface area (Å²) in [5, 5.41) is 5.83. The van der Waals surface area contributed by atoms with Gasteiger partial charge in [-0.2, -0.15) is 0 Å². The lowest BCUT2D eigenvalue weighted by atomic mass is 10.2. The standard InChI is InChI=1S/C20H19N5O3/c1-13-10-17(18(26)22-12-14-6-8-21-9-7-14)25-20(23-13)24-16-5-3-4-15(11-16)19(27)28-2/h3-11H,12H2,1-2H3,(H,22,26)(H,23,24,25). The number of carbonyl (C=O) groups excluding carboxylic acids is 2. The van der Waals surface area contributed by atoms with Crippen LogP contribution in [-0.2, 0) is 11.3 Å². The summed E-state index contributed by atoms with van der Waals surface area (Å²) < 4.78 is 4.72. The Morgan fingerprint density at radius 2 is 1.86 bits per heavy atom. The molecule has 8 heteroatoms. The summed E-state index contributed by atoms with van der Waals surface area (Å²) in [5.41, 5.74) is 2.82. The maximum absolute atomic E-state index is 12.5. The number of rotatable bonds is 6. The van der Waals surface area contributed by atoms with Gasteiger partial charge >= 0.3 is 5.97 Å². The number of aryl methyl sites for hydroxylation is 1. The molecule has 0 saturated carbocycles. The molecule has 0 aliphatic carbocycles. The molecule has 0 saturated heterocycles. The normalized spacial score (nSPS) is 10.2. The van der Waals surface area contributed by atoms with Crippen molar-refractivity contribution in [2.75, 3.05) is 12.4 Å². The van der Waals surface area contributed by atoms with E-state index in [9.17, 15) is 9.59 Å². The number of methoxy groups -OCH3 is 1. The molecule has 2 heterocycles. The van der Waals surface area contributed by atoms with Crippen LogP contribution < -0.4 is 10.6 Å². The topological polar surface area (TPSA) is 106 Å². The van der Waals surface area contributed by atoms with Gasteiger partial charge in [-0.1, -0.05) is 6.07 Å². The number of anilines is 2. The third-order valence-electron chi connectivity index (χ3n) is 3.83. The highest BCUT2D eigenvalue weighted by molar-refractivity contribution is 5.93. The molecule has 0 atom stereocenters. The van der Waals surface area contributed by atoms with E-state index in [1.165, 1.54) is 7.11 Å². The van der Waals surface area contributed by atoms with E-state index in [2.05, 4.69) is 25.6 Å². The minimum absolute atomic E-state index is 0.244. The Kier molecular flexibility index (Phi) is 5.91. The molecule has 0 unspecified atom stereocenters. The van der Waals surface area contributed by atoms with Gasteiger partial charge in [-0.3, -0.25) is 9.78 Å². The van der Waals surface area contributed by atoms with Crippen LogP contribution in [0.15, 0.2) is 54.9 Å². The Bertz CT molecular complexity index is 992.